The summed E-state index contributed by atoms with van der Waals surface area (Å²) in [6.07, 6.45) is 0. The standard InChI is InChI=1S/C28H31N3O3/c1-20(2)18-31(19-27(33)29-17-26(32)30-25-11-7-8-21(3)16-25)28(34)24-14-12-23(13-15-24)22-9-5-4-6-10-22/h4-16,20H,17-19H2,1-3H3,(H,29,33)(H,30,32). The van der Waals surface area contributed by atoms with Gasteiger partial charge in [-0.3, -0.25) is 14.4 Å². The minimum atomic E-state index is -0.380. The van der Waals surface area contributed by atoms with Gasteiger partial charge >= 0.3 is 0 Å². The molecule has 0 bridgehead atoms. The zero-order valence-electron chi connectivity index (χ0n) is 19.9. The van der Waals surface area contributed by atoms with Crippen LogP contribution in [-0.2, 0) is 9.59 Å². The molecule has 0 spiro atoms. The first-order valence-corrected chi connectivity index (χ1v) is 11.4. The molecule has 6 nitrogen and oxygen atoms in total. The van der Waals surface area contributed by atoms with Crippen molar-refractivity contribution < 1.29 is 14.4 Å². The molecule has 3 aromatic carbocycles. The predicted molar refractivity (Wildman–Crippen MR) is 135 cm³/mol. The van der Waals surface area contributed by atoms with Crippen LogP contribution in [0.1, 0.15) is 29.8 Å². The van der Waals surface area contributed by atoms with E-state index in [0.29, 0.717) is 17.8 Å². The molecular weight excluding hydrogens is 426 g/mol. The first-order valence-electron chi connectivity index (χ1n) is 11.4. The van der Waals surface area contributed by atoms with E-state index in [-0.39, 0.29) is 36.7 Å². The average Bonchev–Trinajstić information content (AvgIpc) is 2.82. The van der Waals surface area contributed by atoms with Gasteiger partial charge in [-0.15, -0.1) is 0 Å². The topological polar surface area (TPSA) is 78.5 Å². The lowest BCUT2D eigenvalue weighted by Gasteiger charge is -2.24. The Hall–Kier alpha value is -3.93. The van der Waals surface area contributed by atoms with Crippen molar-refractivity contribution in [1.82, 2.24) is 10.2 Å². The first kappa shape index (κ1) is 24.7. The van der Waals surface area contributed by atoms with Crippen LogP contribution in [0.25, 0.3) is 11.1 Å². The highest BCUT2D eigenvalue weighted by molar-refractivity contribution is 5.98. The fourth-order valence-corrected chi connectivity index (χ4v) is 3.61. The van der Waals surface area contributed by atoms with E-state index in [4.69, 9.17) is 0 Å². The number of carbonyl (C=O) groups excluding carboxylic acids is 3. The quantitative estimate of drug-likeness (QED) is 0.496. The maximum Gasteiger partial charge on any atom is 0.254 e. The van der Waals surface area contributed by atoms with Crippen molar-refractivity contribution >= 4 is 23.4 Å². The number of rotatable bonds is 9. The van der Waals surface area contributed by atoms with Gasteiger partial charge in [0.05, 0.1) is 13.1 Å². The first-order chi connectivity index (χ1) is 16.3. The summed E-state index contributed by atoms with van der Waals surface area (Å²) >= 11 is 0. The van der Waals surface area contributed by atoms with Crippen LogP contribution in [0.4, 0.5) is 5.69 Å². The number of nitrogens with zero attached hydrogens (tertiary/aromatic N) is 1. The second-order valence-electron chi connectivity index (χ2n) is 8.72. The van der Waals surface area contributed by atoms with E-state index in [1.807, 2.05) is 81.4 Å². The summed E-state index contributed by atoms with van der Waals surface area (Å²) in [4.78, 5) is 39.4. The van der Waals surface area contributed by atoms with E-state index < -0.39 is 0 Å². The van der Waals surface area contributed by atoms with Crippen molar-refractivity contribution in [1.29, 1.82) is 0 Å². The smallest absolute Gasteiger partial charge is 0.254 e. The summed E-state index contributed by atoms with van der Waals surface area (Å²) in [5.74, 6) is -0.732. The normalized spacial score (nSPS) is 10.6. The molecule has 0 saturated heterocycles. The molecule has 0 fully saturated rings. The SMILES string of the molecule is Cc1cccc(NC(=O)CNC(=O)CN(CC(C)C)C(=O)c2ccc(-c3ccccc3)cc2)c1. The van der Waals surface area contributed by atoms with Gasteiger partial charge in [-0.05, 0) is 53.8 Å². The summed E-state index contributed by atoms with van der Waals surface area (Å²) in [5, 5.41) is 5.37. The van der Waals surface area contributed by atoms with Gasteiger partial charge in [0.25, 0.3) is 5.91 Å². The summed E-state index contributed by atoms with van der Waals surface area (Å²) in [6, 6.07) is 24.7. The fraction of sp³-hybridized carbons (Fsp3) is 0.250. The van der Waals surface area contributed by atoms with E-state index in [1.54, 1.807) is 18.2 Å². The van der Waals surface area contributed by atoms with Gasteiger partial charge in [-0.25, -0.2) is 0 Å². The molecule has 0 saturated carbocycles. The molecule has 3 aromatic rings. The molecule has 0 aromatic heterocycles. The van der Waals surface area contributed by atoms with E-state index in [0.717, 1.165) is 16.7 Å². The number of anilines is 1. The molecule has 0 radical (unpaired) electrons. The molecule has 6 heteroatoms. The average molecular weight is 458 g/mol. The number of carbonyl (C=O) groups is 3. The Kier molecular flexibility index (Phi) is 8.57. The van der Waals surface area contributed by atoms with Crippen molar-refractivity contribution in [2.75, 3.05) is 25.0 Å². The Balaban J connectivity index is 1.59. The number of hydrogen-bond acceptors (Lipinski definition) is 3. The van der Waals surface area contributed by atoms with Gasteiger partial charge in [0.1, 0.15) is 0 Å². The molecule has 34 heavy (non-hydrogen) atoms. The summed E-state index contributed by atoms with van der Waals surface area (Å²) in [5.41, 5.74) is 4.32. The van der Waals surface area contributed by atoms with Crippen molar-refractivity contribution in [3.8, 4) is 11.1 Å². The number of benzene rings is 3. The molecule has 176 valence electrons. The van der Waals surface area contributed by atoms with Crippen molar-refractivity contribution in [3.05, 3.63) is 90.0 Å². The highest BCUT2D eigenvalue weighted by Gasteiger charge is 2.20. The lowest BCUT2D eigenvalue weighted by molar-refractivity contribution is -0.124. The number of aryl methyl sites for hydroxylation is 1. The molecule has 3 rings (SSSR count). The third-order valence-corrected chi connectivity index (χ3v) is 5.19. The van der Waals surface area contributed by atoms with Gasteiger partial charge in [0.2, 0.25) is 11.8 Å². The Bertz CT molecular complexity index is 1130. The van der Waals surface area contributed by atoms with Gasteiger partial charge in [0.15, 0.2) is 0 Å². The summed E-state index contributed by atoms with van der Waals surface area (Å²) in [7, 11) is 0. The van der Waals surface area contributed by atoms with Crippen LogP contribution in [0.15, 0.2) is 78.9 Å². The molecular formula is C28H31N3O3. The van der Waals surface area contributed by atoms with Crippen LogP contribution in [-0.4, -0.2) is 42.3 Å². The molecule has 0 atom stereocenters. The summed E-state index contributed by atoms with van der Waals surface area (Å²) < 4.78 is 0. The Morgan fingerprint density at radius 2 is 1.50 bits per heavy atom. The van der Waals surface area contributed by atoms with Crippen molar-refractivity contribution in [2.24, 2.45) is 5.92 Å². The van der Waals surface area contributed by atoms with Gasteiger partial charge in [-0.1, -0.05) is 68.4 Å². The number of hydrogen-bond donors (Lipinski definition) is 2. The maximum absolute atomic E-state index is 13.1. The number of amides is 3. The molecule has 3 amide bonds. The molecule has 0 aliphatic heterocycles. The fourth-order valence-electron chi connectivity index (χ4n) is 3.61. The lowest BCUT2D eigenvalue weighted by Crippen LogP contribution is -2.44. The summed E-state index contributed by atoms with van der Waals surface area (Å²) in [6.45, 7) is 6.07. The van der Waals surface area contributed by atoms with Gasteiger partial charge in [-0.2, -0.15) is 0 Å². The third-order valence-electron chi connectivity index (χ3n) is 5.19. The second-order valence-corrected chi connectivity index (χ2v) is 8.72. The van der Waals surface area contributed by atoms with Crippen LogP contribution in [0.2, 0.25) is 0 Å². The third kappa shape index (κ3) is 7.30. The van der Waals surface area contributed by atoms with E-state index in [1.165, 1.54) is 4.90 Å². The minimum absolute atomic E-state index is 0.116. The van der Waals surface area contributed by atoms with Crippen LogP contribution in [0.3, 0.4) is 0 Å². The molecule has 0 aliphatic carbocycles. The maximum atomic E-state index is 13.1. The van der Waals surface area contributed by atoms with Crippen LogP contribution in [0, 0.1) is 12.8 Å². The highest BCUT2D eigenvalue weighted by atomic mass is 16.2. The monoisotopic (exact) mass is 457 g/mol. The van der Waals surface area contributed by atoms with E-state index >= 15 is 0 Å². The lowest BCUT2D eigenvalue weighted by atomic mass is 10.0. The Labute approximate surface area is 201 Å². The van der Waals surface area contributed by atoms with E-state index in [2.05, 4.69) is 10.6 Å². The molecule has 0 aliphatic rings. The van der Waals surface area contributed by atoms with Crippen molar-refractivity contribution in [3.63, 3.8) is 0 Å². The Morgan fingerprint density at radius 1 is 0.824 bits per heavy atom. The predicted octanol–water partition coefficient (Wildman–Crippen LogP) is 4.52. The van der Waals surface area contributed by atoms with Crippen LogP contribution < -0.4 is 10.6 Å². The molecule has 2 N–H and O–H groups in total. The van der Waals surface area contributed by atoms with Crippen molar-refractivity contribution in [2.45, 2.75) is 20.8 Å². The van der Waals surface area contributed by atoms with Gasteiger partial charge in [0, 0.05) is 17.8 Å². The van der Waals surface area contributed by atoms with Crippen LogP contribution >= 0.6 is 0 Å². The largest absolute Gasteiger partial charge is 0.345 e. The highest BCUT2D eigenvalue weighted by Crippen LogP contribution is 2.20. The van der Waals surface area contributed by atoms with E-state index in [9.17, 15) is 14.4 Å². The minimum Gasteiger partial charge on any atom is -0.345 e. The zero-order chi connectivity index (χ0) is 24.5. The van der Waals surface area contributed by atoms with Gasteiger partial charge < -0.3 is 15.5 Å². The number of nitrogens with one attached hydrogen (secondary N) is 2. The Morgan fingerprint density at radius 3 is 2.15 bits per heavy atom. The molecule has 0 heterocycles. The molecule has 0 unspecified atom stereocenters. The zero-order valence-corrected chi connectivity index (χ0v) is 19.9. The van der Waals surface area contributed by atoms with Crippen LogP contribution in [0.5, 0.6) is 0 Å². The second kappa shape index (κ2) is 11.8.